The Morgan fingerprint density at radius 3 is 2.97 bits per heavy atom. The van der Waals surface area contributed by atoms with Crippen LogP contribution in [0.1, 0.15) is 22.7 Å². The summed E-state index contributed by atoms with van der Waals surface area (Å²) in [7, 11) is 1.90. The molecule has 0 radical (unpaired) electrons. The van der Waals surface area contributed by atoms with Crippen LogP contribution < -0.4 is 5.32 Å². The summed E-state index contributed by atoms with van der Waals surface area (Å²) < 4.78 is 4.98. The van der Waals surface area contributed by atoms with Crippen molar-refractivity contribution in [1.82, 2.24) is 24.3 Å². The van der Waals surface area contributed by atoms with Crippen LogP contribution in [0.2, 0.25) is 0 Å². The molecule has 3 aromatic heterocycles. The van der Waals surface area contributed by atoms with E-state index in [9.17, 15) is 5.11 Å². The number of fused-ring (bicyclic) bond motifs is 2. The van der Waals surface area contributed by atoms with Crippen LogP contribution in [0.3, 0.4) is 0 Å². The third kappa shape index (κ3) is 3.47. The van der Waals surface area contributed by atoms with Gasteiger partial charge in [0, 0.05) is 38.0 Å². The van der Waals surface area contributed by atoms with E-state index in [4.69, 9.17) is 4.98 Å². The number of aliphatic hydroxyl groups is 1. The van der Waals surface area contributed by atoms with Crippen molar-refractivity contribution < 1.29 is 5.11 Å². The van der Waals surface area contributed by atoms with E-state index in [1.165, 1.54) is 11.1 Å². The van der Waals surface area contributed by atoms with E-state index in [2.05, 4.69) is 50.3 Å². The summed E-state index contributed by atoms with van der Waals surface area (Å²) in [6.45, 7) is 0.735. The number of hydrogen-bond donors (Lipinski definition) is 2. The zero-order chi connectivity index (χ0) is 21.7. The van der Waals surface area contributed by atoms with Crippen LogP contribution in [0.25, 0.3) is 21.5 Å². The predicted molar refractivity (Wildman–Crippen MR) is 126 cm³/mol. The van der Waals surface area contributed by atoms with E-state index in [-0.39, 0.29) is 6.04 Å². The zero-order valence-corrected chi connectivity index (χ0v) is 18.3. The van der Waals surface area contributed by atoms with E-state index in [0.29, 0.717) is 6.42 Å². The Morgan fingerprint density at radius 2 is 2.09 bits per heavy atom. The molecule has 2 atom stereocenters. The van der Waals surface area contributed by atoms with Crippen molar-refractivity contribution in [1.29, 1.82) is 0 Å². The largest absolute Gasteiger partial charge is 0.390 e. The normalized spacial score (nSPS) is 17.7. The second-order valence-corrected chi connectivity index (χ2v) is 9.28. The molecule has 0 saturated heterocycles. The number of hydrogen-bond acceptors (Lipinski definition) is 6. The molecule has 1 aliphatic rings. The van der Waals surface area contributed by atoms with Crippen molar-refractivity contribution in [2.24, 2.45) is 7.05 Å². The lowest BCUT2D eigenvalue weighted by Gasteiger charge is -2.16. The van der Waals surface area contributed by atoms with Crippen LogP contribution >= 0.6 is 11.3 Å². The monoisotopic (exact) mass is 442 g/mol. The summed E-state index contributed by atoms with van der Waals surface area (Å²) in [5.74, 6) is 0. The van der Waals surface area contributed by atoms with Gasteiger partial charge < -0.3 is 15.0 Å². The Bertz CT molecular complexity index is 1420. The Labute approximate surface area is 189 Å². The average Bonchev–Trinajstić information content (AvgIpc) is 3.55. The highest BCUT2D eigenvalue weighted by Crippen LogP contribution is 2.36. The van der Waals surface area contributed by atoms with Crippen molar-refractivity contribution in [2.45, 2.75) is 25.1 Å². The molecule has 2 aromatic carbocycles. The van der Waals surface area contributed by atoms with Crippen molar-refractivity contribution in [3.63, 3.8) is 0 Å². The van der Waals surface area contributed by atoms with Crippen molar-refractivity contribution >= 4 is 26.7 Å². The molecule has 2 unspecified atom stereocenters. The van der Waals surface area contributed by atoms with Gasteiger partial charge in [-0.3, -0.25) is 4.68 Å². The number of nitrogens with one attached hydrogen (secondary N) is 1. The summed E-state index contributed by atoms with van der Waals surface area (Å²) in [6.07, 6.45) is 7.92. The van der Waals surface area contributed by atoms with Gasteiger partial charge in [-0.2, -0.15) is 5.10 Å². The van der Waals surface area contributed by atoms with Crippen LogP contribution in [0.5, 0.6) is 0 Å². The Hall–Kier alpha value is -3.49. The number of rotatable bonds is 5. The van der Waals surface area contributed by atoms with E-state index >= 15 is 0 Å². The molecule has 2 N–H and O–H groups in total. The van der Waals surface area contributed by atoms with Gasteiger partial charge in [0.1, 0.15) is 0 Å². The van der Waals surface area contributed by atoms with Gasteiger partial charge in [-0.1, -0.05) is 41.7 Å². The SMILES string of the molecule is Cn1cc(-c2cn(Cc3ccc4nc(NC5c6ccccc6CC5O)sc4c3)cn2)cn1. The Morgan fingerprint density at radius 1 is 1.19 bits per heavy atom. The summed E-state index contributed by atoms with van der Waals surface area (Å²) >= 11 is 1.62. The van der Waals surface area contributed by atoms with Crippen molar-refractivity contribution in [3.05, 3.63) is 84.1 Å². The maximum absolute atomic E-state index is 10.5. The third-order valence-electron chi connectivity index (χ3n) is 5.93. The average molecular weight is 443 g/mol. The van der Waals surface area contributed by atoms with E-state index in [1.807, 2.05) is 44.1 Å². The van der Waals surface area contributed by atoms with Gasteiger partial charge in [-0.15, -0.1) is 0 Å². The molecular formula is C24H22N6OS. The summed E-state index contributed by atoms with van der Waals surface area (Å²) in [5, 5.41) is 19.1. The lowest BCUT2D eigenvalue weighted by Crippen LogP contribution is -2.20. The predicted octanol–water partition coefficient (Wildman–Crippen LogP) is 4.01. The molecule has 160 valence electrons. The van der Waals surface area contributed by atoms with Gasteiger partial charge in [0.25, 0.3) is 0 Å². The Balaban J connectivity index is 1.22. The van der Waals surface area contributed by atoms with Crippen LogP contribution in [-0.4, -0.2) is 35.5 Å². The number of nitrogens with zero attached hydrogens (tertiary/aromatic N) is 5. The molecule has 0 saturated carbocycles. The standard InChI is InChI=1S/C24H22N6OS/c1-29-12-17(10-26-29)20-13-30(14-25-20)11-15-6-7-19-22(8-15)32-24(27-19)28-23-18-5-3-2-4-16(18)9-21(23)31/h2-8,10,12-14,21,23,31H,9,11H2,1H3,(H,27,28). The van der Waals surface area contributed by atoms with Gasteiger partial charge in [-0.05, 0) is 28.8 Å². The molecule has 0 fully saturated rings. The van der Waals surface area contributed by atoms with Gasteiger partial charge in [-0.25, -0.2) is 9.97 Å². The van der Waals surface area contributed by atoms with Crippen molar-refractivity contribution in [2.75, 3.05) is 5.32 Å². The van der Waals surface area contributed by atoms with Gasteiger partial charge in [0.05, 0.1) is 40.6 Å². The molecule has 5 aromatic rings. The lowest BCUT2D eigenvalue weighted by atomic mass is 10.1. The highest BCUT2D eigenvalue weighted by molar-refractivity contribution is 7.22. The lowest BCUT2D eigenvalue weighted by molar-refractivity contribution is 0.166. The summed E-state index contributed by atoms with van der Waals surface area (Å²) in [5.41, 5.74) is 6.43. The van der Waals surface area contributed by atoms with Crippen LogP contribution in [0, 0.1) is 0 Å². The van der Waals surface area contributed by atoms with Gasteiger partial charge in [0.15, 0.2) is 5.13 Å². The molecule has 7 nitrogen and oxygen atoms in total. The number of thiazole rings is 1. The highest BCUT2D eigenvalue weighted by Gasteiger charge is 2.31. The first kappa shape index (κ1) is 19.2. The zero-order valence-electron chi connectivity index (χ0n) is 17.5. The van der Waals surface area contributed by atoms with Gasteiger partial charge in [0.2, 0.25) is 0 Å². The smallest absolute Gasteiger partial charge is 0.184 e. The van der Waals surface area contributed by atoms with E-state index < -0.39 is 6.10 Å². The fraction of sp³-hybridized carbons (Fsp3) is 0.208. The van der Waals surface area contributed by atoms with Crippen LogP contribution in [0.4, 0.5) is 5.13 Å². The Kier molecular flexibility index (Phi) is 4.55. The fourth-order valence-electron chi connectivity index (χ4n) is 4.37. The van der Waals surface area contributed by atoms with Gasteiger partial charge >= 0.3 is 0 Å². The minimum absolute atomic E-state index is 0.122. The number of aliphatic hydroxyl groups excluding tert-OH is 1. The molecular weight excluding hydrogens is 420 g/mol. The second-order valence-electron chi connectivity index (χ2n) is 8.25. The topological polar surface area (TPSA) is 80.8 Å². The highest BCUT2D eigenvalue weighted by atomic mass is 32.1. The number of anilines is 1. The quantitative estimate of drug-likeness (QED) is 0.430. The maximum Gasteiger partial charge on any atom is 0.184 e. The first-order chi connectivity index (χ1) is 15.6. The second kappa shape index (κ2) is 7.58. The molecule has 8 heteroatoms. The van der Waals surface area contributed by atoms with Crippen molar-refractivity contribution in [3.8, 4) is 11.3 Å². The molecule has 0 amide bonds. The summed E-state index contributed by atoms with van der Waals surface area (Å²) in [6, 6.07) is 14.4. The number of imidazole rings is 1. The molecule has 32 heavy (non-hydrogen) atoms. The molecule has 1 aliphatic carbocycles. The minimum Gasteiger partial charge on any atom is -0.390 e. The third-order valence-corrected chi connectivity index (χ3v) is 6.88. The molecule has 0 aliphatic heterocycles. The minimum atomic E-state index is -0.440. The maximum atomic E-state index is 10.5. The molecule has 3 heterocycles. The molecule has 6 rings (SSSR count). The number of aromatic nitrogens is 5. The first-order valence-electron chi connectivity index (χ1n) is 10.5. The van der Waals surface area contributed by atoms with E-state index in [1.54, 1.807) is 16.0 Å². The summed E-state index contributed by atoms with van der Waals surface area (Å²) in [4.78, 5) is 9.26. The van der Waals surface area contributed by atoms with Crippen LogP contribution in [0.15, 0.2) is 67.4 Å². The number of benzene rings is 2. The number of aryl methyl sites for hydroxylation is 1. The van der Waals surface area contributed by atoms with Crippen LogP contribution in [-0.2, 0) is 20.0 Å². The first-order valence-corrected chi connectivity index (χ1v) is 11.4. The fourth-order valence-corrected chi connectivity index (χ4v) is 5.34. The van der Waals surface area contributed by atoms with E-state index in [0.717, 1.165) is 38.7 Å². The molecule has 0 bridgehead atoms. The molecule has 0 spiro atoms.